The van der Waals surface area contributed by atoms with E-state index in [9.17, 15) is 14.6 Å². The fraction of sp³-hybridized carbons (Fsp3) is 0.556. The number of ether oxygens (including phenoxy) is 1. The molecule has 0 unspecified atom stereocenters. The minimum absolute atomic E-state index is 0.0891. The Morgan fingerprint density at radius 3 is 2.84 bits per heavy atom. The first-order chi connectivity index (χ1) is 12.1. The van der Waals surface area contributed by atoms with Crippen molar-refractivity contribution < 1.29 is 24.0 Å². The summed E-state index contributed by atoms with van der Waals surface area (Å²) < 4.78 is 10.5. The normalized spacial score (nSPS) is 16.0. The van der Waals surface area contributed by atoms with Gasteiger partial charge in [-0.2, -0.15) is 0 Å². The van der Waals surface area contributed by atoms with Crippen molar-refractivity contribution >= 4 is 19.0 Å². The first-order valence-corrected chi connectivity index (χ1v) is 8.99. The average molecular weight is 347 g/mol. The molecule has 0 aromatic heterocycles. The van der Waals surface area contributed by atoms with Crippen LogP contribution in [0.2, 0.25) is 0 Å². The van der Waals surface area contributed by atoms with Gasteiger partial charge >= 0.3 is 13.1 Å². The van der Waals surface area contributed by atoms with Crippen LogP contribution in [0.25, 0.3) is 0 Å². The SMILES string of the molecule is CCCCCCC(=O)N[C@H]1Cc2cccc(C(=O)OCC)c2OB1O. The van der Waals surface area contributed by atoms with Crippen LogP contribution in [0.3, 0.4) is 0 Å². The van der Waals surface area contributed by atoms with Crippen LogP contribution in [0.15, 0.2) is 18.2 Å². The van der Waals surface area contributed by atoms with Crippen molar-refractivity contribution in [1.82, 2.24) is 5.32 Å². The Morgan fingerprint density at radius 2 is 2.12 bits per heavy atom. The van der Waals surface area contributed by atoms with Gasteiger partial charge in [-0.1, -0.05) is 38.3 Å². The van der Waals surface area contributed by atoms with Crippen LogP contribution in [-0.2, 0) is 16.0 Å². The van der Waals surface area contributed by atoms with Crippen LogP contribution >= 0.6 is 0 Å². The number of fused-ring (bicyclic) bond motifs is 1. The van der Waals surface area contributed by atoms with Crippen LogP contribution in [-0.4, -0.2) is 36.6 Å². The summed E-state index contributed by atoms with van der Waals surface area (Å²) in [5.74, 6) is -0.760. The molecule has 0 radical (unpaired) electrons. The summed E-state index contributed by atoms with van der Waals surface area (Å²) in [6, 6.07) is 5.18. The number of unbranched alkanes of at least 4 members (excludes halogenated alkanes) is 3. The van der Waals surface area contributed by atoms with Crippen molar-refractivity contribution in [2.45, 2.75) is 58.3 Å². The molecule has 0 fully saturated rings. The number of hydrogen-bond donors (Lipinski definition) is 2. The Morgan fingerprint density at radius 1 is 1.32 bits per heavy atom. The van der Waals surface area contributed by atoms with E-state index in [1.165, 1.54) is 0 Å². The molecule has 2 rings (SSSR count). The molecular weight excluding hydrogens is 321 g/mol. The number of carbonyl (C=O) groups is 2. The lowest BCUT2D eigenvalue weighted by Gasteiger charge is -2.29. The first kappa shape index (κ1) is 19.3. The van der Waals surface area contributed by atoms with Gasteiger partial charge in [-0.25, -0.2) is 4.79 Å². The molecule has 6 nitrogen and oxygen atoms in total. The highest BCUT2D eigenvalue weighted by molar-refractivity contribution is 6.47. The van der Waals surface area contributed by atoms with E-state index in [2.05, 4.69) is 12.2 Å². The summed E-state index contributed by atoms with van der Waals surface area (Å²) in [7, 11) is -1.19. The Kier molecular flexibility index (Phi) is 7.31. The third-order valence-corrected chi connectivity index (χ3v) is 4.22. The third-order valence-electron chi connectivity index (χ3n) is 4.22. The molecule has 1 aromatic carbocycles. The number of para-hydroxylation sites is 1. The highest BCUT2D eigenvalue weighted by Crippen LogP contribution is 2.30. The molecule has 1 aromatic rings. The average Bonchev–Trinajstić information content (AvgIpc) is 2.59. The zero-order valence-corrected chi connectivity index (χ0v) is 14.9. The van der Waals surface area contributed by atoms with Crippen molar-refractivity contribution in [3.8, 4) is 5.75 Å². The minimum Gasteiger partial charge on any atom is -0.534 e. The highest BCUT2D eigenvalue weighted by Gasteiger charge is 2.37. The van der Waals surface area contributed by atoms with Gasteiger partial charge < -0.3 is 19.7 Å². The molecule has 0 aliphatic carbocycles. The molecule has 0 bridgehead atoms. The molecule has 1 atom stereocenters. The van der Waals surface area contributed by atoms with Crippen molar-refractivity contribution in [2.24, 2.45) is 0 Å². The van der Waals surface area contributed by atoms with Gasteiger partial charge in [0, 0.05) is 6.42 Å². The number of carbonyl (C=O) groups excluding carboxylic acids is 2. The van der Waals surface area contributed by atoms with Crippen molar-refractivity contribution in [2.75, 3.05) is 6.61 Å². The third kappa shape index (κ3) is 5.23. The predicted octanol–water partition coefficient (Wildman–Crippen LogP) is 2.27. The number of hydrogen-bond acceptors (Lipinski definition) is 5. The summed E-state index contributed by atoms with van der Waals surface area (Å²) in [4.78, 5) is 24.0. The fourth-order valence-corrected chi connectivity index (χ4v) is 2.91. The van der Waals surface area contributed by atoms with E-state index in [4.69, 9.17) is 9.39 Å². The zero-order valence-electron chi connectivity index (χ0n) is 14.9. The van der Waals surface area contributed by atoms with Gasteiger partial charge in [0.1, 0.15) is 11.3 Å². The van der Waals surface area contributed by atoms with Gasteiger partial charge in [-0.3, -0.25) is 4.79 Å². The Bertz CT molecular complexity index is 607. The maximum Gasteiger partial charge on any atom is 0.547 e. The number of benzene rings is 1. The summed E-state index contributed by atoms with van der Waals surface area (Å²) >= 11 is 0. The molecule has 0 spiro atoms. The molecule has 1 aliphatic rings. The second kappa shape index (κ2) is 9.46. The lowest BCUT2D eigenvalue weighted by Crippen LogP contribution is -2.53. The zero-order chi connectivity index (χ0) is 18.2. The number of nitrogens with one attached hydrogen (secondary N) is 1. The van der Waals surface area contributed by atoms with Gasteiger partial charge in [-0.05, 0) is 31.4 Å². The van der Waals surface area contributed by atoms with Gasteiger partial charge in [0.05, 0.1) is 12.5 Å². The van der Waals surface area contributed by atoms with Crippen molar-refractivity contribution in [3.05, 3.63) is 29.3 Å². The van der Waals surface area contributed by atoms with E-state index in [0.717, 1.165) is 31.2 Å². The molecule has 2 N–H and O–H groups in total. The van der Waals surface area contributed by atoms with Crippen molar-refractivity contribution in [1.29, 1.82) is 0 Å². The molecule has 7 heteroatoms. The van der Waals surface area contributed by atoms with E-state index in [-0.39, 0.29) is 12.5 Å². The number of amides is 1. The Hall–Kier alpha value is -2.02. The van der Waals surface area contributed by atoms with E-state index in [1.54, 1.807) is 19.1 Å². The molecule has 1 aliphatic heterocycles. The summed E-state index contributed by atoms with van der Waals surface area (Å²) in [5, 5.41) is 13.1. The van der Waals surface area contributed by atoms with E-state index >= 15 is 0 Å². The predicted molar refractivity (Wildman–Crippen MR) is 95.4 cm³/mol. The van der Waals surface area contributed by atoms with Crippen LogP contribution < -0.4 is 9.97 Å². The molecule has 25 heavy (non-hydrogen) atoms. The largest absolute Gasteiger partial charge is 0.547 e. The number of esters is 1. The van der Waals surface area contributed by atoms with Gasteiger partial charge in [0.2, 0.25) is 5.91 Å². The minimum atomic E-state index is -1.19. The standard InChI is InChI=1S/C18H26BNO5/c1-3-5-6-7-11-16(21)20-15-12-13-9-8-10-14(18(22)24-4-2)17(13)25-19(15)23/h8-10,15,23H,3-7,11-12H2,1-2H3,(H,20,21)/t15-/m0/s1. The van der Waals surface area contributed by atoms with Crippen LogP contribution in [0.5, 0.6) is 5.75 Å². The lowest BCUT2D eigenvalue weighted by atomic mass is 9.72. The summed E-state index contributed by atoms with van der Waals surface area (Å²) in [6.45, 7) is 4.12. The molecule has 0 saturated carbocycles. The van der Waals surface area contributed by atoms with E-state index in [1.807, 2.05) is 6.07 Å². The maximum atomic E-state index is 12.0. The number of rotatable bonds is 8. The Labute approximate surface area is 149 Å². The molecular formula is C18H26BNO5. The topological polar surface area (TPSA) is 84.9 Å². The van der Waals surface area contributed by atoms with Crippen LogP contribution in [0.4, 0.5) is 0 Å². The van der Waals surface area contributed by atoms with Gasteiger partial charge in [0.15, 0.2) is 0 Å². The first-order valence-electron chi connectivity index (χ1n) is 8.99. The fourth-order valence-electron chi connectivity index (χ4n) is 2.91. The highest BCUT2D eigenvalue weighted by atomic mass is 16.5. The second-order valence-electron chi connectivity index (χ2n) is 6.21. The summed E-state index contributed by atoms with van der Waals surface area (Å²) in [6.07, 6.45) is 4.96. The molecule has 1 heterocycles. The van der Waals surface area contributed by atoms with Gasteiger partial charge in [-0.15, -0.1) is 0 Å². The molecule has 1 amide bonds. The van der Waals surface area contributed by atoms with Gasteiger partial charge in [0.25, 0.3) is 0 Å². The van der Waals surface area contributed by atoms with E-state index < -0.39 is 19.0 Å². The van der Waals surface area contributed by atoms with Crippen molar-refractivity contribution in [3.63, 3.8) is 0 Å². The second-order valence-corrected chi connectivity index (χ2v) is 6.21. The molecule has 0 saturated heterocycles. The smallest absolute Gasteiger partial charge is 0.534 e. The van der Waals surface area contributed by atoms with Crippen LogP contribution in [0, 0.1) is 0 Å². The maximum absolute atomic E-state index is 12.0. The Balaban J connectivity index is 2.00. The lowest BCUT2D eigenvalue weighted by molar-refractivity contribution is -0.121. The van der Waals surface area contributed by atoms with Crippen LogP contribution in [0.1, 0.15) is 61.9 Å². The quantitative estimate of drug-likeness (QED) is 0.428. The summed E-state index contributed by atoms with van der Waals surface area (Å²) in [5.41, 5.74) is 1.06. The molecule has 136 valence electrons. The van der Waals surface area contributed by atoms with E-state index in [0.29, 0.717) is 24.2 Å². The monoisotopic (exact) mass is 347 g/mol.